The monoisotopic (exact) mass is 268 g/mol. The van der Waals surface area contributed by atoms with Gasteiger partial charge in [-0.05, 0) is 17.7 Å². The SMILES string of the molecule is Cc1ccc2c([O-])c3ccccc3c(O)c2c1[N+](=O)[O-]. The maximum Gasteiger partial charge on any atom is 0.283 e. The number of nitro benzene ring substituents is 1. The summed E-state index contributed by atoms with van der Waals surface area (Å²) in [5.74, 6) is -0.526. The maximum absolute atomic E-state index is 12.4. The van der Waals surface area contributed by atoms with E-state index in [-0.39, 0.29) is 28.0 Å². The van der Waals surface area contributed by atoms with Crippen molar-refractivity contribution in [3.05, 3.63) is 52.1 Å². The first-order valence-corrected chi connectivity index (χ1v) is 6.00. The van der Waals surface area contributed by atoms with Gasteiger partial charge in [0.05, 0.1) is 4.92 Å². The highest BCUT2D eigenvalue weighted by atomic mass is 16.6. The van der Waals surface area contributed by atoms with E-state index in [0.717, 1.165) is 0 Å². The minimum Gasteiger partial charge on any atom is -0.872 e. The van der Waals surface area contributed by atoms with E-state index in [1.807, 2.05) is 0 Å². The molecule has 20 heavy (non-hydrogen) atoms. The Bertz CT molecular complexity index is 871. The molecule has 0 saturated carbocycles. The number of nitrogens with zero attached hydrogens (tertiary/aromatic N) is 1. The van der Waals surface area contributed by atoms with E-state index in [9.17, 15) is 20.3 Å². The standard InChI is InChI=1S/C15H11NO4/c1-8-6-7-11-12(13(8)16(19)20)15(18)10-5-3-2-4-9(10)14(11)17/h2-7,17-18H,1H3/p-1. The third kappa shape index (κ3) is 1.50. The highest BCUT2D eigenvalue weighted by molar-refractivity contribution is 6.13. The normalized spacial score (nSPS) is 11.1. The minimum absolute atomic E-state index is 0.0127. The molecule has 1 N–H and O–H groups in total. The molecule has 3 aromatic carbocycles. The molecule has 0 atom stereocenters. The molecule has 0 fully saturated rings. The van der Waals surface area contributed by atoms with Gasteiger partial charge in [0.2, 0.25) is 0 Å². The molecule has 0 saturated heterocycles. The lowest BCUT2D eigenvalue weighted by Crippen LogP contribution is -1.98. The Balaban J connectivity index is 2.67. The van der Waals surface area contributed by atoms with E-state index in [0.29, 0.717) is 16.3 Å². The minimum atomic E-state index is -0.564. The van der Waals surface area contributed by atoms with E-state index in [4.69, 9.17) is 0 Å². The summed E-state index contributed by atoms with van der Waals surface area (Å²) < 4.78 is 0. The quantitative estimate of drug-likeness (QED) is 0.417. The predicted molar refractivity (Wildman–Crippen MR) is 74.0 cm³/mol. The lowest BCUT2D eigenvalue weighted by atomic mass is 9.97. The van der Waals surface area contributed by atoms with Crippen molar-refractivity contribution in [2.45, 2.75) is 6.92 Å². The molecule has 0 spiro atoms. The molecule has 0 aromatic heterocycles. The van der Waals surface area contributed by atoms with Crippen LogP contribution >= 0.6 is 0 Å². The number of aromatic hydroxyl groups is 1. The fourth-order valence-electron chi connectivity index (χ4n) is 2.53. The van der Waals surface area contributed by atoms with Gasteiger partial charge in [-0.15, -0.1) is 0 Å². The van der Waals surface area contributed by atoms with Crippen molar-refractivity contribution in [3.63, 3.8) is 0 Å². The van der Waals surface area contributed by atoms with Crippen molar-refractivity contribution in [3.8, 4) is 11.5 Å². The number of nitro groups is 1. The summed E-state index contributed by atoms with van der Waals surface area (Å²) in [5, 5.41) is 34.8. The molecule has 100 valence electrons. The van der Waals surface area contributed by atoms with Crippen LogP contribution in [0, 0.1) is 17.0 Å². The Kier molecular flexibility index (Phi) is 2.50. The number of aryl methyl sites for hydroxylation is 1. The van der Waals surface area contributed by atoms with E-state index in [1.54, 1.807) is 31.2 Å². The average Bonchev–Trinajstić information content (AvgIpc) is 2.44. The number of phenolic OH excluding ortho intramolecular Hbond substituents is 1. The van der Waals surface area contributed by atoms with Crippen LogP contribution in [0.4, 0.5) is 5.69 Å². The van der Waals surface area contributed by atoms with Crippen LogP contribution in [0.25, 0.3) is 21.5 Å². The molecule has 0 amide bonds. The molecule has 0 aliphatic rings. The van der Waals surface area contributed by atoms with Gasteiger partial charge in [0, 0.05) is 10.9 Å². The van der Waals surface area contributed by atoms with Crippen LogP contribution in [0.1, 0.15) is 5.56 Å². The third-order valence-corrected chi connectivity index (χ3v) is 3.47. The first-order valence-electron chi connectivity index (χ1n) is 6.00. The Morgan fingerprint density at radius 1 is 1.05 bits per heavy atom. The van der Waals surface area contributed by atoms with Crippen molar-refractivity contribution in [1.82, 2.24) is 0 Å². The molecule has 5 heteroatoms. The van der Waals surface area contributed by atoms with Gasteiger partial charge in [-0.2, -0.15) is 0 Å². The van der Waals surface area contributed by atoms with Gasteiger partial charge < -0.3 is 10.2 Å². The van der Waals surface area contributed by atoms with Gasteiger partial charge in [-0.3, -0.25) is 10.1 Å². The summed E-state index contributed by atoms with van der Waals surface area (Å²) in [6.45, 7) is 1.58. The number of fused-ring (bicyclic) bond motifs is 2. The molecule has 0 aliphatic carbocycles. The van der Waals surface area contributed by atoms with Gasteiger partial charge in [-0.1, -0.05) is 42.1 Å². The van der Waals surface area contributed by atoms with Crippen LogP contribution in [-0.2, 0) is 0 Å². The van der Waals surface area contributed by atoms with E-state index < -0.39 is 4.92 Å². The van der Waals surface area contributed by atoms with Crippen molar-refractivity contribution in [2.75, 3.05) is 0 Å². The van der Waals surface area contributed by atoms with Crippen LogP contribution < -0.4 is 5.11 Å². The molecule has 0 aliphatic heterocycles. The average molecular weight is 268 g/mol. The molecule has 3 rings (SSSR count). The van der Waals surface area contributed by atoms with Crippen molar-refractivity contribution >= 4 is 27.2 Å². The summed E-state index contributed by atoms with van der Waals surface area (Å²) in [5.41, 5.74) is 0.190. The maximum atomic E-state index is 12.4. The Labute approximate surface area is 113 Å². The smallest absolute Gasteiger partial charge is 0.283 e. The van der Waals surface area contributed by atoms with Gasteiger partial charge in [-0.25, -0.2) is 0 Å². The van der Waals surface area contributed by atoms with E-state index in [2.05, 4.69) is 0 Å². The van der Waals surface area contributed by atoms with Gasteiger partial charge >= 0.3 is 0 Å². The highest BCUT2D eigenvalue weighted by Crippen LogP contribution is 2.44. The van der Waals surface area contributed by atoms with Gasteiger partial charge in [0.1, 0.15) is 11.1 Å². The van der Waals surface area contributed by atoms with Crippen molar-refractivity contribution in [2.24, 2.45) is 0 Å². The lowest BCUT2D eigenvalue weighted by molar-refractivity contribution is -0.383. The first-order chi connectivity index (χ1) is 9.52. The van der Waals surface area contributed by atoms with Crippen molar-refractivity contribution < 1.29 is 15.1 Å². The fraction of sp³-hybridized carbons (Fsp3) is 0.0667. The number of benzene rings is 3. The molecular weight excluding hydrogens is 258 g/mol. The highest BCUT2D eigenvalue weighted by Gasteiger charge is 2.21. The van der Waals surface area contributed by atoms with Crippen LogP contribution in [0.15, 0.2) is 36.4 Å². The second-order valence-electron chi connectivity index (χ2n) is 4.63. The third-order valence-electron chi connectivity index (χ3n) is 3.47. The number of phenols is 1. The zero-order chi connectivity index (χ0) is 14.4. The Hall–Kier alpha value is -2.82. The van der Waals surface area contributed by atoms with E-state index >= 15 is 0 Å². The van der Waals surface area contributed by atoms with Crippen LogP contribution in [0.5, 0.6) is 11.5 Å². The second kappa shape index (κ2) is 4.09. The number of rotatable bonds is 1. The van der Waals surface area contributed by atoms with Crippen LogP contribution in [-0.4, -0.2) is 10.0 Å². The zero-order valence-electron chi connectivity index (χ0n) is 10.6. The largest absolute Gasteiger partial charge is 0.872 e. The Morgan fingerprint density at radius 2 is 1.70 bits per heavy atom. The predicted octanol–water partition coefficient (Wildman–Crippen LogP) is 2.99. The molecule has 0 unspecified atom stereocenters. The molecule has 5 nitrogen and oxygen atoms in total. The van der Waals surface area contributed by atoms with Crippen LogP contribution in [0.3, 0.4) is 0 Å². The van der Waals surface area contributed by atoms with Gasteiger partial charge in [0.15, 0.2) is 0 Å². The topological polar surface area (TPSA) is 86.4 Å². The summed E-state index contributed by atoms with van der Waals surface area (Å²) in [6.07, 6.45) is 0. The first kappa shape index (κ1) is 12.2. The molecular formula is C15H10NO4-. The molecule has 0 radical (unpaired) electrons. The summed E-state index contributed by atoms with van der Waals surface area (Å²) >= 11 is 0. The summed E-state index contributed by atoms with van der Waals surface area (Å²) in [7, 11) is 0. The summed E-state index contributed by atoms with van der Waals surface area (Å²) in [4.78, 5) is 10.7. The van der Waals surface area contributed by atoms with Crippen LogP contribution in [0.2, 0.25) is 0 Å². The van der Waals surface area contributed by atoms with Gasteiger partial charge in [0.25, 0.3) is 5.69 Å². The fourth-order valence-corrected chi connectivity index (χ4v) is 2.53. The number of hydrogen-bond donors (Lipinski definition) is 1. The van der Waals surface area contributed by atoms with E-state index in [1.165, 1.54) is 12.1 Å². The summed E-state index contributed by atoms with van der Waals surface area (Å²) in [6, 6.07) is 9.59. The second-order valence-corrected chi connectivity index (χ2v) is 4.63. The lowest BCUT2D eigenvalue weighted by Gasteiger charge is -2.17. The molecule has 0 heterocycles. The number of hydrogen-bond acceptors (Lipinski definition) is 4. The molecule has 0 bridgehead atoms. The van der Waals surface area contributed by atoms with Crippen molar-refractivity contribution in [1.29, 1.82) is 0 Å². The Morgan fingerprint density at radius 3 is 2.35 bits per heavy atom. The zero-order valence-corrected chi connectivity index (χ0v) is 10.6. The molecule has 3 aromatic rings.